The third kappa shape index (κ3) is 4.78. The summed E-state index contributed by atoms with van der Waals surface area (Å²) in [6, 6.07) is 65.2. The van der Waals surface area contributed by atoms with Crippen LogP contribution < -0.4 is 0 Å². The van der Waals surface area contributed by atoms with Crippen LogP contribution in [-0.4, -0.2) is 19.5 Å². The van der Waals surface area contributed by atoms with Gasteiger partial charge in [0.25, 0.3) is 0 Å². The molecule has 0 bridgehead atoms. The van der Waals surface area contributed by atoms with E-state index in [0.29, 0.717) is 17.5 Å². The normalized spacial score (nSPS) is 13.1. The zero-order chi connectivity index (χ0) is 38.5. The van der Waals surface area contributed by atoms with Gasteiger partial charge in [-0.15, -0.1) is 0 Å². The lowest BCUT2D eigenvalue weighted by molar-refractivity contribution is 0.661. The number of fused-ring (bicyclic) bond motifs is 6. The largest absolute Gasteiger partial charge is 0.308 e. The molecule has 0 fully saturated rings. The van der Waals surface area contributed by atoms with Crippen molar-refractivity contribution < 1.29 is 0 Å². The molecule has 4 heteroatoms. The molecule has 2 aromatic heterocycles. The molecule has 1 aliphatic heterocycles. The van der Waals surface area contributed by atoms with E-state index in [9.17, 15) is 0 Å². The molecule has 8 aromatic carbocycles. The van der Waals surface area contributed by atoms with Crippen molar-refractivity contribution >= 4 is 21.8 Å². The number of hydrogen-bond donors (Lipinski definition) is 0. The van der Waals surface area contributed by atoms with E-state index in [1.165, 1.54) is 60.9 Å². The molecule has 10 aromatic rings. The maximum absolute atomic E-state index is 5.09. The van der Waals surface area contributed by atoms with Crippen molar-refractivity contribution in [1.82, 2.24) is 19.5 Å². The lowest BCUT2D eigenvalue weighted by Crippen LogP contribution is -2.15. The first kappa shape index (κ1) is 32.8. The molecule has 12 rings (SSSR count). The van der Waals surface area contributed by atoms with Gasteiger partial charge in [0, 0.05) is 44.0 Å². The summed E-state index contributed by atoms with van der Waals surface area (Å²) < 4.78 is 2.53. The van der Waals surface area contributed by atoms with E-state index in [1.54, 1.807) is 0 Å². The summed E-state index contributed by atoms with van der Waals surface area (Å²) in [5.41, 5.74) is 19.2. The fraction of sp³-hybridized carbons (Fsp3) is 0.0556. The third-order valence-electron chi connectivity index (χ3n) is 12.4. The monoisotopic (exact) mass is 740 g/mol. The summed E-state index contributed by atoms with van der Waals surface area (Å²) in [5.74, 6) is 1.93. The lowest BCUT2D eigenvalue weighted by Gasteiger charge is -2.23. The van der Waals surface area contributed by atoms with Crippen LogP contribution in [0, 0.1) is 0 Å². The zero-order valence-corrected chi connectivity index (χ0v) is 32.1. The van der Waals surface area contributed by atoms with Gasteiger partial charge >= 0.3 is 0 Å². The first-order chi connectivity index (χ1) is 28.5. The average Bonchev–Trinajstić information content (AvgIpc) is 3.70. The molecular formula is C54H36N4. The van der Waals surface area contributed by atoms with E-state index in [1.807, 2.05) is 24.3 Å². The summed E-state index contributed by atoms with van der Waals surface area (Å²) in [4.78, 5) is 15.1. The number of benzene rings is 8. The van der Waals surface area contributed by atoms with Gasteiger partial charge in [-0.1, -0.05) is 178 Å². The molecular weight excluding hydrogens is 705 g/mol. The fourth-order valence-corrected chi connectivity index (χ4v) is 9.55. The van der Waals surface area contributed by atoms with Crippen molar-refractivity contribution in [2.45, 2.75) is 19.3 Å². The zero-order valence-electron chi connectivity index (χ0n) is 32.1. The fourth-order valence-electron chi connectivity index (χ4n) is 9.55. The SMILES string of the molecule is CC1(C)c2cccc3c2-c2c1ccc1c4ccccc4n(c21)-c1cc(-c2ccc(-c4nc(-c5ccccc5)nc(-c5cccc(-c6ccccc6)c5)n4)cc2)ccc1-3. The molecule has 0 radical (unpaired) electrons. The van der Waals surface area contributed by atoms with Gasteiger partial charge < -0.3 is 4.57 Å². The summed E-state index contributed by atoms with van der Waals surface area (Å²) in [6.45, 7) is 4.75. The molecule has 0 amide bonds. The second-order valence-electron chi connectivity index (χ2n) is 16.0. The van der Waals surface area contributed by atoms with Crippen LogP contribution >= 0.6 is 0 Å². The van der Waals surface area contributed by atoms with Crippen LogP contribution in [0.2, 0.25) is 0 Å². The van der Waals surface area contributed by atoms with Crippen molar-refractivity contribution in [3.8, 4) is 84.4 Å². The Morgan fingerprint density at radius 3 is 1.71 bits per heavy atom. The maximum atomic E-state index is 5.09. The van der Waals surface area contributed by atoms with E-state index in [-0.39, 0.29) is 5.41 Å². The Kier molecular flexibility index (Phi) is 6.94. The number of aromatic nitrogens is 4. The summed E-state index contributed by atoms with van der Waals surface area (Å²) in [7, 11) is 0. The predicted octanol–water partition coefficient (Wildman–Crippen LogP) is 13.6. The van der Waals surface area contributed by atoms with Crippen LogP contribution in [0.1, 0.15) is 25.0 Å². The Bertz CT molecular complexity index is 3290. The smallest absolute Gasteiger partial charge is 0.164 e. The second kappa shape index (κ2) is 12.3. The number of para-hydroxylation sites is 1. The van der Waals surface area contributed by atoms with E-state index >= 15 is 0 Å². The van der Waals surface area contributed by atoms with E-state index in [0.717, 1.165) is 38.9 Å². The van der Waals surface area contributed by atoms with E-state index in [4.69, 9.17) is 15.0 Å². The van der Waals surface area contributed by atoms with Gasteiger partial charge in [-0.05, 0) is 62.7 Å². The van der Waals surface area contributed by atoms with Gasteiger partial charge in [-0.3, -0.25) is 0 Å². The number of nitrogens with zero attached hydrogens (tertiary/aromatic N) is 4. The Balaban J connectivity index is 0.995. The summed E-state index contributed by atoms with van der Waals surface area (Å²) in [5, 5.41) is 2.58. The van der Waals surface area contributed by atoms with Crippen molar-refractivity contribution in [1.29, 1.82) is 0 Å². The molecule has 0 spiro atoms. The summed E-state index contributed by atoms with van der Waals surface area (Å²) in [6.07, 6.45) is 0. The van der Waals surface area contributed by atoms with Crippen LogP contribution in [0.4, 0.5) is 0 Å². The molecule has 0 N–H and O–H groups in total. The Morgan fingerprint density at radius 2 is 0.931 bits per heavy atom. The van der Waals surface area contributed by atoms with Crippen molar-refractivity contribution in [2.24, 2.45) is 0 Å². The number of hydrogen-bond acceptors (Lipinski definition) is 3. The Labute approximate surface area is 336 Å². The van der Waals surface area contributed by atoms with Gasteiger partial charge in [0.05, 0.1) is 16.7 Å². The molecule has 0 unspecified atom stereocenters. The first-order valence-corrected chi connectivity index (χ1v) is 19.9. The minimum absolute atomic E-state index is 0.0807. The van der Waals surface area contributed by atoms with Crippen LogP contribution in [0.5, 0.6) is 0 Å². The topological polar surface area (TPSA) is 43.6 Å². The van der Waals surface area contributed by atoms with Crippen molar-refractivity contribution in [3.05, 3.63) is 193 Å². The third-order valence-corrected chi connectivity index (χ3v) is 12.4. The van der Waals surface area contributed by atoms with E-state index < -0.39 is 0 Å². The molecule has 1 aliphatic carbocycles. The first-order valence-electron chi connectivity index (χ1n) is 19.9. The molecule has 0 saturated heterocycles. The van der Waals surface area contributed by atoms with Crippen LogP contribution in [0.15, 0.2) is 182 Å². The van der Waals surface area contributed by atoms with Crippen molar-refractivity contribution in [2.75, 3.05) is 0 Å². The van der Waals surface area contributed by atoms with Crippen LogP contribution in [-0.2, 0) is 5.41 Å². The molecule has 2 aliphatic rings. The molecule has 0 atom stereocenters. The van der Waals surface area contributed by atoms with Gasteiger partial charge in [0.15, 0.2) is 17.5 Å². The minimum Gasteiger partial charge on any atom is -0.308 e. The van der Waals surface area contributed by atoms with Crippen LogP contribution in [0.3, 0.4) is 0 Å². The highest BCUT2D eigenvalue weighted by Crippen LogP contribution is 2.58. The molecule has 58 heavy (non-hydrogen) atoms. The quantitative estimate of drug-likeness (QED) is 0.176. The molecule has 3 heterocycles. The minimum atomic E-state index is -0.0807. The van der Waals surface area contributed by atoms with Gasteiger partial charge in [0.1, 0.15) is 0 Å². The Morgan fingerprint density at radius 1 is 0.379 bits per heavy atom. The van der Waals surface area contributed by atoms with E-state index in [2.05, 4.69) is 176 Å². The highest BCUT2D eigenvalue weighted by Gasteiger charge is 2.40. The van der Waals surface area contributed by atoms with Crippen LogP contribution in [0.25, 0.3) is 106 Å². The summed E-state index contributed by atoms with van der Waals surface area (Å²) >= 11 is 0. The van der Waals surface area contributed by atoms with Gasteiger partial charge in [-0.2, -0.15) is 0 Å². The highest BCUT2D eigenvalue weighted by atomic mass is 15.0. The van der Waals surface area contributed by atoms with Gasteiger partial charge in [-0.25, -0.2) is 15.0 Å². The van der Waals surface area contributed by atoms with Gasteiger partial charge in [0.2, 0.25) is 0 Å². The lowest BCUT2D eigenvalue weighted by atomic mass is 9.81. The number of rotatable bonds is 5. The molecule has 4 nitrogen and oxygen atoms in total. The Hall–Kier alpha value is -7.43. The predicted molar refractivity (Wildman–Crippen MR) is 238 cm³/mol. The molecule has 0 saturated carbocycles. The van der Waals surface area contributed by atoms with Crippen molar-refractivity contribution in [3.63, 3.8) is 0 Å². The highest BCUT2D eigenvalue weighted by molar-refractivity contribution is 6.18. The standard InChI is InChI=1S/C54H36N4/c1-54(2)44-21-12-20-42-41-28-27-38(32-47(41)58-46-22-10-9-19-40(46)43-29-30-45(54)49(48(42)44)50(43)58)34-23-25-36(26-24-34)52-55-51(35-15-7-4-8-16-35)56-53(57-52)39-18-11-17-37(31-39)33-13-5-3-6-14-33/h3-32H,1-2H3. The second-order valence-corrected chi connectivity index (χ2v) is 16.0. The maximum Gasteiger partial charge on any atom is 0.164 e. The average molecular weight is 741 g/mol. The molecule has 272 valence electrons.